The van der Waals surface area contributed by atoms with Gasteiger partial charge in [0.25, 0.3) is 5.91 Å². The zero-order chi connectivity index (χ0) is 20.5. The van der Waals surface area contributed by atoms with Crippen molar-refractivity contribution in [3.8, 4) is 5.75 Å². The number of halogens is 1. The van der Waals surface area contributed by atoms with E-state index in [1.165, 1.54) is 29.7 Å². The summed E-state index contributed by atoms with van der Waals surface area (Å²) in [5.41, 5.74) is 2.33. The summed E-state index contributed by atoms with van der Waals surface area (Å²) in [7, 11) is 1.76. The number of ether oxygens (including phenoxy) is 1. The Labute approximate surface area is 199 Å². The largest absolute Gasteiger partial charge is 0.493 e. The summed E-state index contributed by atoms with van der Waals surface area (Å²) in [4.78, 5) is 16.9. The van der Waals surface area contributed by atoms with Crippen molar-refractivity contribution in [1.29, 1.82) is 0 Å². The number of carbonyl (C=O) groups excluding carboxylic acids is 1. The van der Waals surface area contributed by atoms with Gasteiger partial charge >= 0.3 is 0 Å². The average Bonchev–Trinajstić information content (AvgIpc) is 3.39. The second-order valence-corrected chi connectivity index (χ2v) is 8.25. The maximum atomic E-state index is 11.9. The first-order valence-electron chi connectivity index (χ1n) is 10.1. The van der Waals surface area contributed by atoms with Gasteiger partial charge in [-0.05, 0) is 55.2 Å². The predicted molar refractivity (Wildman–Crippen MR) is 134 cm³/mol. The molecule has 1 fully saturated rings. The van der Waals surface area contributed by atoms with Gasteiger partial charge in [0.1, 0.15) is 5.75 Å². The summed E-state index contributed by atoms with van der Waals surface area (Å²) < 4.78 is 6.03. The van der Waals surface area contributed by atoms with Crippen LogP contribution in [0.5, 0.6) is 5.75 Å². The highest BCUT2D eigenvalue weighted by Crippen LogP contribution is 2.30. The third-order valence-electron chi connectivity index (χ3n) is 4.74. The van der Waals surface area contributed by atoms with Crippen LogP contribution in [0.1, 0.15) is 40.1 Å². The lowest BCUT2D eigenvalue weighted by atomic mass is 10.1. The van der Waals surface area contributed by atoms with Crippen molar-refractivity contribution in [3.05, 3.63) is 51.7 Å². The molecule has 30 heavy (non-hydrogen) atoms. The summed E-state index contributed by atoms with van der Waals surface area (Å²) in [5, 5.41) is 11.5. The Kier molecular flexibility index (Phi) is 10.4. The lowest BCUT2D eigenvalue weighted by Gasteiger charge is -2.15. The molecular formula is C22H31IN4O2S. The summed E-state index contributed by atoms with van der Waals surface area (Å²) >= 11 is 1.45. The van der Waals surface area contributed by atoms with Crippen LogP contribution in [-0.4, -0.2) is 38.6 Å². The lowest BCUT2D eigenvalue weighted by molar-refractivity contribution is 0.0957. The Bertz CT molecular complexity index is 823. The van der Waals surface area contributed by atoms with Crippen LogP contribution in [0.25, 0.3) is 0 Å². The summed E-state index contributed by atoms with van der Waals surface area (Å²) in [6.45, 7) is 4.88. The van der Waals surface area contributed by atoms with Crippen molar-refractivity contribution in [3.63, 3.8) is 0 Å². The highest BCUT2D eigenvalue weighted by atomic mass is 127. The van der Waals surface area contributed by atoms with Gasteiger partial charge in [-0.15, -0.1) is 35.3 Å². The molecule has 6 nitrogen and oxygen atoms in total. The molecule has 3 N–H and O–H groups in total. The maximum absolute atomic E-state index is 11.9. The van der Waals surface area contributed by atoms with Gasteiger partial charge in [-0.3, -0.25) is 9.79 Å². The summed E-state index contributed by atoms with van der Waals surface area (Å²) in [6.07, 6.45) is 3.38. The number of carbonyl (C=O) groups is 1. The van der Waals surface area contributed by atoms with Gasteiger partial charge < -0.3 is 20.7 Å². The molecule has 1 aromatic carbocycles. The molecule has 1 saturated carbocycles. The smallest absolute Gasteiger partial charge is 0.261 e. The van der Waals surface area contributed by atoms with Gasteiger partial charge in [0, 0.05) is 32.2 Å². The molecule has 0 saturated heterocycles. The molecule has 0 unspecified atom stereocenters. The van der Waals surface area contributed by atoms with Crippen LogP contribution in [0.3, 0.4) is 0 Å². The number of nitrogens with zero attached hydrogens (tertiary/aromatic N) is 1. The first-order valence-corrected chi connectivity index (χ1v) is 11.0. The molecule has 3 rings (SSSR count). The minimum Gasteiger partial charge on any atom is -0.493 e. The van der Waals surface area contributed by atoms with Crippen LogP contribution in [0.15, 0.2) is 40.7 Å². The highest BCUT2D eigenvalue weighted by molar-refractivity contribution is 14.0. The van der Waals surface area contributed by atoms with Crippen molar-refractivity contribution >= 4 is 47.2 Å². The second-order valence-electron chi connectivity index (χ2n) is 7.30. The topological polar surface area (TPSA) is 74.8 Å². The van der Waals surface area contributed by atoms with Gasteiger partial charge in [-0.1, -0.05) is 18.2 Å². The minimum absolute atomic E-state index is 0. The monoisotopic (exact) mass is 542 g/mol. The normalized spacial score (nSPS) is 13.3. The Hall–Kier alpha value is -1.81. The molecule has 0 spiro atoms. The lowest BCUT2D eigenvalue weighted by Crippen LogP contribution is -2.38. The van der Waals surface area contributed by atoms with Gasteiger partial charge in [0.15, 0.2) is 5.96 Å². The van der Waals surface area contributed by atoms with Gasteiger partial charge in [0.2, 0.25) is 0 Å². The molecule has 164 valence electrons. The van der Waals surface area contributed by atoms with E-state index in [-0.39, 0.29) is 29.9 Å². The Balaban J connectivity index is 0.00000320. The molecule has 1 amide bonds. The Morgan fingerprint density at radius 3 is 2.70 bits per heavy atom. The zero-order valence-corrected chi connectivity index (χ0v) is 20.7. The predicted octanol–water partition coefficient (Wildman–Crippen LogP) is 3.95. The minimum atomic E-state index is -0.0133. The maximum Gasteiger partial charge on any atom is 0.261 e. The first-order chi connectivity index (χ1) is 14.2. The molecule has 2 aromatic rings. The van der Waals surface area contributed by atoms with E-state index in [9.17, 15) is 4.79 Å². The van der Waals surface area contributed by atoms with Crippen molar-refractivity contribution in [2.24, 2.45) is 10.9 Å². The van der Waals surface area contributed by atoms with E-state index in [0.717, 1.165) is 47.6 Å². The van der Waals surface area contributed by atoms with Gasteiger partial charge in [-0.2, -0.15) is 0 Å². The summed E-state index contributed by atoms with van der Waals surface area (Å²) in [5.74, 6) is 2.41. The van der Waals surface area contributed by atoms with Crippen LogP contribution in [0.2, 0.25) is 0 Å². The van der Waals surface area contributed by atoms with E-state index in [4.69, 9.17) is 4.74 Å². The van der Waals surface area contributed by atoms with Crippen molar-refractivity contribution in [2.75, 3.05) is 26.7 Å². The molecule has 1 heterocycles. The standard InChI is InChI=1S/C22H30N4O2S.HI/c1-16-6-9-18(19(13-16)28-15-17-7-8-17)14-26-22(23-2)25-11-4-10-24-21(27)20-5-3-12-29-20;/h3,5-6,9,12-13,17H,4,7-8,10-11,14-15H2,1-2H3,(H,24,27)(H2,23,25,26);1H. The third kappa shape index (κ3) is 8.14. The number of hydrogen-bond donors (Lipinski definition) is 3. The quantitative estimate of drug-likeness (QED) is 0.184. The molecule has 1 aliphatic rings. The molecule has 8 heteroatoms. The third-order valence-corrected chi connectivity index (χ3v) is 5.61. The number of aryl methyl sites for hydroxylation is 1. The molecule has 0 bridgehead atoms. The number of nitrogens with one attached hydrogen (secondary N) is 3. The fourth-order valence-electron chi connectivity index (χ4n) is 2.83. The van der Waals surface area contributed by atoms with Crippen LogP contribution < -0.4 is 20.7 Å². The summed E-state index contributed by atoms with van der Waals surface area (Å²) in [6, 6.07) is 10.0. The number of hydrogen-bond acceptors (Lipinski definition) is 4. The van der Waals surface area contributed by atoms with Gasteiger partial charge in [0.05, 0.1) is 11.5 Å². The van der Waals surface area contributed by atoms with E-state index in [2.05, 4.69) is 46.1 Å². The first kappa shape index (κ1) is 24.5. The highest BCUT2D eigenvalue weighted by Gasteiger charge is 2.22. The van der Waals surface area contributed by atoms with E-state index in [1.807, 2.05) is 17.5 Å². The van der Waals surface area contributed by atoms with Crippen LogP contribution in [0.4, 0.5) is 0 Å². The van der Waals surface area contributed by atoms with E-state index in [0.29, 0.717) is 13.1 Å². The SMILES string of the molecule is CN=C(NCCCNC(=O)c1cccs1)NCc1ccc(C)cc1OCC1CC1.I. The number of amides is 1. The van der Waals surface area contributed by atoms with E-state index >= 15 is 0 Å². The van der Waals surface area contributed by atoms with Crippen molar-refractivity contribution in [1.82, 2.24) is 16.0 Å². The zero-order valence-electron chi connectivity index (χ0n) is 17.6. The molecular weight excluding hydrogens is 511 g/mol. The van der Waals surface area contributed by atoms with E-state index in [1.54, 1.807) is 7.05 Å². The average molecular weight is 542 g/mol. The number of thiophene rings is 1. The fourth-order valence-corrected chi connectivity index (χ4v) is 3.47. The van der Waals surface area contributed by atoms with Gasteiger partial charge in [-0.25, -0.2) is 0 Å². The Morgan fingerprint density at radius 1 is 1.20 bits per heavy atom. The van der Waals surface area contributed by atoms with Crippen LogP contribution >= 0.6 is 35.3 Å². The van der Waals surface area contributed by atoms with Crippen molar-refractivity contribution < 1.29 is 9.53 Å². The number of guanidine groups is 1. The number of rotatable bonds is 10. The van der Waals surface area contributed by atoms with Crippen LogP contribution in [0, 0.1) is 12.8 Å². The fraction of sp³-hybridized carbons (Fsp3) is 0.455. The number of aliphatic imine (C=N–C) groups is 1. The molecule has 0 atom stereocenters. The molecule has 1 aliphatic carbocycles. The number of benzene rings is 1. The molecule has 0 aliphatic heterocycles. The second kappa shape index (κ2) is 12.8. The van der Waals surface area contributed by atoms with Crippen molar-refractivity contribution in [2.45, 2.75) is 32.7 Å². The van der Waals surface area contributed by atoms with Crippen LogP contribution in [-0.2, 0) is 6.54 Å². The van der Waals surface area contributed by atoms with E-state index < -0.39 is 0 Å². The molecule has 1 aromatic heterocycles. The molecule has 0 radical (unpaired) electrons. The Morgan fingerprint density at radius 2 is 2.00 bits per heavy atom.